The Morgan fingerprint density at radius 1 is 1.45 bits per heavy atom. The minimum atomic E-state index is -3.40. The fraction of sp³-hybridized carbons (Fsp3) is 0.538. The Balaban J connectivity index is 1.70. The number of rotatable bonds is 5. The summed E-state index contributed by atoms with van der Waals surface area (Å²) >= 11 is 0. The first-order valence-electron chi connectivity index (χ1n) is 7.20. The smallest absolute Gasteiger partial charge is 0.279 e. The van der Waals surface area contributed by atoms with Crippen molar-refractivity contribution in [3.05, 3.63) is 24.2 Å². The van der Waals surface area contributed by atoms with Crippen LogP contribution >= 0.6 is 0 Å². The Hall–Kier alpha value is -1.71. The van der Waals surface area contributed by atoms with Crippen LogP contribution in [0.2, 0.25) is 0 Å². The fourth-order valence-corrected chi connectivity index (χ4v) is 3.56. The van der Waals surface area contributed by atoms with E-state index in [4.69, 9.17) is 0 Å². The molecule has 8 nitrogen and oxygen atoms in total. The molecule has 3 rings (SSSR count). The van der Waals surface area contributed by atoms with Crippen molar-refractivity contribution in [3.63, 3.8) is 0 Å². The molecular weight excluding hydrogens is 304 g/mol. The average molecular weight is 324 g/mol. The second-order valence-electron chi connectivity index (χ2n) is 5.51. The summed E-state index contributed by atoms with van der Waals surface area (Å²) < 4.78 is 29.8. The van der Waals surface area contributed by atoms with Crippen molar-refractivity contribution in [1.29, 1.82) is 0 Å². The summed E-state index contributed by atoms with van der Waals surface area (Å²) in [5.41, 5.74) is 1.86. The lowest BCUT2D eigenvalue weighted by atomic mass is 10.1. The molecule has 0 spiro atoms. The molecule has 0 radical (unpaired) electrons. The van der Waals surface area contributed by atoms with Gasteiger partial charge in [0.05, 0.1) is 11.7 Å². The zero-order valence-electron chi connectivity index (χ0n) is 12.9. The van der Waals surface area contributed by atoms with E-state index in [-0.39, 0.29) is 6.04 Å². The van der Waals surface area contributed by atoms with Crippen LogP contribution in [0.25, 0.3) is 5.52 Å². The first-order chi connectivity index (χ1) is 10.4. The molecule has 0 aromatic carbocycles. The standard InChI is InChI=1S/C13H20N6O2S/c1-4-17(3)22(20,21)16-11-8-18(9-11)13-12-7-10(2)15-19(12)6-5-14-13/h5-7,11,16H,4,8-9H2,1-3H3. The third-order valence-corrected chi connectivity index (χ3v) is 5.55. The van der Waals surface area contributed by atoms with Gasteiger partial charge in [-0.15, -0.1) is 0 Å². The Kier molecular flexibility index (Phi) is 3.79. The molecule has 2 aromatic heterocycles. The Labute approximate surface area is 129 Å². The minimum Gasteiger partial charge on any atom is -0.351 e. The van der Waals surface area contributed by atoms with Gasteiger partial charge in [0, 0.05) is 39.1 Å². The van der Waals surface area contributed by atoms with Crippen LogP contribution in [0, 0.1) is 6.92 Å². The van der Waals surface area contributed by atoms with Crippen LogP contribution in [0.1, 0.15) is 12.6 Å². The topological polar surface area (TPSA) is 82.8 Å². The van der Waals surface area contributed by atoms with Crippen molar-refractivity contribution in [1.82, 2.24) is 23.6 Å². The second kappa shape index (κ2) is 5.49. The fourth-order valence-electron chi connectivity index (χ4n) is 2.47. The number of hydrogen-bond acceptors (Lipinski definition) is 5. The van der Waals surface area contributed by atoms with E-state index in [0.29, 0.717) is 19.6 Å². The summed E-state index contributed by atoms with van der Waals surface area (Å²) in [4.78, 5) is 6.45. The highest BCUT2D eigenvalue weighted by molar-refractivity contribution is 7.87. The van der Waals surface area contributed by atoms with Gasteiger partial charge in [-0.1, -0.05) is 6.92 Å². The zero-order valence-corrected chi connectivity index (χ0v) is 13.7. The van der Waals surface area contributed by atoms with Gasteiger partial charge in [0.25, 0.3) is 10.2 Å². The van der Waals surface area contributed by atoms with Gasteiger partial charge >= 0.3 is 0 Å². The zero-order chi connectivity index (χ0) is 15.9. The summed E-state index contributed by atoms with van der Waals surface area (Å²) in [5.74, 6) is 0.836. The molecule has 0 atom stereocenters. The summed E-state index contributed by atoms with van der Waals surface area (Å²) in [6.45, 7) is 5.40. The van der Waals surface area contributed by atoms with E-state index in [2.05, 4.69) is 19.7 Å². The van der Waals surface area contributed by atoms with Gasteiger partial charge < -0.3 is 4.90 Å². The number of nitrogens with one attached hydrogen (secondary N) is 1. The van der Waals surface area contributed by atoms with Crippen molar-refractivity contribution in [2.24, 2.45) is 0 Å². The van der Waals surface area contributed by atoms with Gasteiger partial charge in [-0.05, 0) is 13.0 Å². The van der Waals surface area contributed by atoms with Crippen molar-refractivity contribution in [3.8, 4) is 0 Å². The lowest BCUT2D eigenvalue weighted by Gasteiger charge is -2.40. The molecule has 1 fully saturated rings. The quantitative estimate of drug-likeness (QED) is 0.838. The molecule has 0 aliphatic carbocycles. The SMILES string of the molecule is CCN(C)S(=O)(=O)NC1CN(c2nccn3nc(C)cc23)C1. The van der Waals surface area contributed by atoms with Gasteiger partial charge in [0.15, 0.2) is 5.82 Å². The van der Waals surface area contributed by atoms with Gasteiger partial charge in [-0.3, -0.25) is 0 Å². The number of fused-ring (bicyclic) bond motifs is 1. The van der Waals surface area contributed by atoms with Crippen LogP contribution in [-0.4, -0.2) is 60.0 Å². The van der Waals surface area contributed by atoms with E-state index in [0.717, 1.165) is 17.0 Å². The van der Waals surface area contributed by atoms with E-state index in [1.165, 1.54) is 4.31 Å². The number of hydrogen-bond donors (Lipinski definition) is 1. The predicted molar refractivity (Wildman–Crippen MR) is 84.1 cm³/mol. The van der Waals surface area contributed by atoms with E-state index in [9.17, 15) is 8.42 Å². The highest BCUT2D eigenvalue weighted by atomic mass is 32.2. The van der Waals surface area contributed by atoms with E-state index in [1.807, 2.05) is 19.2 Å². The first kappa shape index (κ1) is 15.2. The Morgan fingerprint density at radius 2 is 2.18 bits per heavy atom. The molecular formula is C13H20N6O2S. The van der Waals surface area contributed by atoms with Gasteiger partial charge in [-0.2, -0.15) is 22.5 Å². The van der Waals surface area contributed by atoms with Crippen LogP contribution in [0.15, 0.2) is 18.5 Å². The second-order valence-corrected chi connectivity index (χ2v) is 7.31. The number of nitrogens with zero attached hydrogens (tertiary/aromatic N) is 5. The maximum atomic E-state index is 12.0. The largest absolute Gasteiger partial charge is 0.351 e. The van der Waals surface area contributed by atoms with Crippen LogP contribution in [0.3, 0.4) is 0 Å². The minimum absolute atomic E-state index is 0.0925. The maximum Gasteiger partial charge on any atom is 0.279 e. The van der Waals surface area contributed by atoms with Crippen LogP contribution in [0.5, 0.6) is 0 Å². The summed E-state index contributed by atoms with van der Waals surface area (Å²) in [6.07, 6.45) is 3.51. The van der Waals surface area contributed by atoms with Crippen LogP contribution in [0.4, 0.5) is 5.82 Å². The molecule has 3 heterocycles. The molecule has 2 aromatic rings. The van der Waals surface area contributed by atoms with Gasteiger partial charge in [0.2, 0.25) is 0 Å². The van der Waals surface area contributed by atoms with Crippen LogP contribution in [-0.2, 0) is 10.2 Å². The van der Waals surface area contributed by atoms with Crippen molar-refractivity contribution < 1.29 is 8.42 Å². The molecule has 0 bridgehead atoms. The normalized spacial score (nSPS) is 16.5. The van der Waals surface area contributed by atoms with Crippen molar-refractivity contribution >= 4 is 21.5 Å². The molecule has 22 heavy (non-hydrogen) atoms. The van der Waals surface area contributed by atoms with Crippen LogP contribution < -0.4 is 9.62 Å². The number of aryl methyl sites for hydroxylation is 1. The van der Waals surface area contributed by atoms with Crippen molar-refractivity contribution in [2.45, 2.75) is 19.9 Å². The lowest BCUT2D eigenvalue weighted by Crippen LogP contribution is -2.61. The summed E-state index contributed by atoms with van der Waals surface area (Å²) in [5, 5.41) is 4.36. The molecule has 0 amide bonds. The molecule has 1 aliphatic heterocycles. The molecule has 1 aliphatic rings. The third kappa shape index (κ3) is 2.67. The number of aromatic nitrogens is 3. The number of anilines is 1. The molecule has 1 saturated heterocycles. The highest BCUT2D eigenvalue weighted by Gasteiger charge is 2.33. The van der Waals surface area contributed by atoms with E-state index < -0.39 is 10.2 Å². The average Bonchev–Trinajstić information content (AvgIpc) is 2.81. The molecule has 9 heteroatoms. The maximum absolute atomic E-state index is 12.0. The third-order valence-electron chi connectivity index (χ3n) is 3.84. The first-order valence-corrected chi connectivity index (χ1v) is 8.64. The molecule has 0 unspecified atom stereocenters. The van der Waals surface area contributed by atoms with Gasteiger partial charge in [0.1, 0.15) is 5.52 Å². The summed E-state index contributed by atoms with van der Waals surface area (Å²) in [7, 11) is -1.83. The molecule has 0 saturated carbocycles. The highest BCUT2D eigenvalue weighted by Crippen LogP contribution is 2.24. The van der Waals surface area contributed by atoms with E-state index >= 15 is 0 Å². The Bertz CT molecular complexity index is 781. The summed E-state index contributed by atoms with van der Waals surface area (Å²) in [6, 6.07) is 1.88. The molecule has 1 N–H and O–H groups in total. The van der Waals surface area contributed by atoms with E-state index in [1.54, 1.807) is 24.7 Å². The van der Waals surface area contributed by atoms with Crippen molar-refractivity contribution in [2.75, 3.05) is 31.6 Å². The predicted octanol–water partition coefficient (Wildman–Crippen LogP) is 0.0124. The lowest BCUT2D eigenvalue weighted by molar-refractivity contribution is 0.427. The monoisotopic (exact) mass is 324 g/mol. The van der Waals surface area contributed by atoms with Gasteiger partial charge in [-0.25, -0.2) is 9.50 Å². The Morgan fingerprint density at radius 3 is 2.86 bits per heavy atom. The molecule has 120 valence electrons.